The summed E-state index contributed by atoms with van der Waals surface area (Å²) in [6, 6.07) is 26.6. The average molecular weight is 447 g/mol. The first-order chi connectivity index (χ1) is 16.5. The van der Waals surface area contributed by atoms with Gasteiger partial charge in [0.05, 0.1) is 18.5 Å². The molecule has 0 saturated heterocycles. The quantitative estimate of drug-likeness (QED) is 0.300. The predicted octanol–water partition coefficient (Wildman–Crippen LogP) is 6.99. The minimum Gasteiger partial charge on any atom is -0.497 e. The molecular formula is C30H26N2O2. The maximum Gasteiger partial charge on any atom is 0.165 e. The maximum atomic E-state index is 13.6. The highest BCUT2D eigenvalue weighted by molar-refractivity contribution is 6.14. The number of rotatable bonds is 3. The van der Waals surface area contributed by atoms with E-state index in [2.05, 4.69) is 54.6 Å². The molecule has 2 aromatic heterocycles. The molecule has 0 N–H and O–H groups in total. The van der Waals surface area contributed by atoms with E-state index in [1.54, 1.807) is 7.11 Å². The van der Waals surface area contributed by atoms with Crippen molar-refractivity contribution in [2.24, 2.45) is 5.41 Å². The monoisotopic (exact) mass is 446 g/mol. The van der Waals surface area contributed by atoms with E-state index in [9.17, 15) is 4.79 Å². The van der Waals surface area contributed by atoms with E-state index < -0.39 is 0 Å². The highest BCUT2D eigenvalue weighted by atomic mass is 16.5. The van der Waals surface area contributed by atoms with Crippen LogP contribution in [0, 0.1) is 5.41 Å². The largest absolute Gasteiger partial charge is 0.497 e. The van der Waals surface area contributed by atoms with Crippen molar-refractivity contribution in [3.8, 4) is 28.3 Å². The molecular weight excluding hydrogens is 420 g/mol. The summed E-state index contributed by atoms with van der Waals surface area (Å²) in [4.78, 5) is 18.8. The van der Waals surface area contributed by atoms with E-state index in [1.165, 1.54) is 0 Å². The Labute approximate surface area is 198 Å². The van der Waals surface area contributed by atoms with E-state index in [0.717, 1.165) is 62.4 Å². The molecule has 0 amide bonds. The summed E-state index contributed by atoms with van der Waals surface area (Å²) in [5, 5.41) is 1.89. The van der Waals surface area contributed by atoms with E-state index in [-0.39, 0.29) is 11.2 Å². The van der Waals surface area contributed by atoms with Crippen LogP contribution in [0.15, 0.2) is 78.9 Å². The molecule has 34 heavy (non-hydrogen) atoms. The van der Waals surface area contributed by atoms with Crippen molar-refractivity contribution in [2.75, 3.05) is 7.11 Å². The fraction of sp³-hybridized carbons (Fsp3) is 0.200. The molecule has 0 bridgehead atoms. The number of Topliss-reactive ketones (excluding diaryl/α,β-unsaturated/α-hetero) is 1. The van der Waals surface area contributed by atoms with Gasteiger partial charge in [-0.3, -0.25) is 9.20 Å². The van der Waals surface area contributed by atoms with Crippen LogP contribution in [0.1, 0.15) is 36.3 Å². The summed E-state index contributed by atoms with van der Waals surface area (Å²) >= 11 is 0. The highest BCUT2D eigenvalue weighted by Crippen LogP contribution is 2.43. The van der Waals surface area contributed by atoms with Crippen molar-refractivity contribution in [3.63, 3.8) is 0 Å². The molecule has 0 fully saturated rings. The molecule has 0 radical (unpaired) electrons. The van der Waals surface area contributed by atoms with Crippen molar-refractivity contribution in [1.29, 1.82) is 0 Å². The first kappa shape index (κ1) is 20.7. The zero-order chi connectivity index (χ0) is 23.4. The summed E-state index contributed by atoms with van der Waals surface area (Å²) < 4.78 is 7.80. The van der Waals surface area contributed by atoms with Gasteiger partial charge in [0.15, 0.2) is 5.78 Å². The first-order valence-electron chi connectivity index (χ1n) is 11.7. The van der Waals surface area contributed by atoms with Crippen LogP contribution in [0.4, 0.5) is 0 Å². The maximum absolute atomic E-state index is 13.6. The number of benzene rings is 3. The normalized spacial score (nSPS) is 15.0. The SMILES string of the molecule is COc1ccc2c3c(n4c(-c5ccccc5)c(-c5ccccc5)nc4c2c1)CC(C)(C)CC3=O. The number of imidazole rings is 1. The molecule has 1 aliphatic carbocycles. The van der Waals surface area contributed by atoms with Crippen LogP contribution in [0.5, 0.6) is 5.75 Å². The van der Waals surface area contributed by atoms with Gasteiger partial charge >= 0.3 is 0 Å². The third-order valence-corrected chi connectivity index (χ3v) is 6.83. The van der Waals surface area contributed by atoms with Gasteiger partial charge in [-0.15, -0.1) is 0 Å². The molecule has 2 heterocycles. The van der Waals surface area contributed by atoms with E-state index >= 15 is 0 Å². The second-order valence-electron chi connectivity index (χ2n) is 9.87. The Balaban J connectivity index is 1.85. The number of hydrogen-bond acceptors (Lipinski definition) is 3. The lowest BCUT2D eigenvalue weighted by atomic mass is 9.74. The molecule has 168 valence electrons. The lowest BCUT2D eigenvalue weighted by Crippen LogP contribution is -2.29. The Morgan fingerprint density at radius 2 is 1.53 bits per heavy atom. The molecule has 5 aromatic rings. The van der Waals surface area contributed by atoms with Crippen molar-refractivity contribution in [2.45, 2.75) is 26.7 Å². The highest BCUT2D eigenvalue weighted by Gasteiger charge is 2.36. The molecule has 3 aromatic carbocycles. The third kappa shape index (κ3) is 3.13. The Kier molecular flexibility index (Phi) is 4.59. The summed E-state index contributed by atoms with van der Waals surface area (Å²) in [5.74, 6) is 0.945. The van der Waals surface area contributed by atoms with Crippen LogP contribution >= 0.6 is 0 Å². The van der Waals surface area contributed by atoms with Crippen molar-refractivity contribution < 1.29 is 9.53 Å². The minimum absolute atomic E-state index is 0.123. The van der Waals surface area contributed by atoms with Gasteiger partial charge in [0.2, 0.25) is 0 Å². The van der Waals surface area contributed by atoms with Gasteiger partial charge in [-0.25, -0.2) is 4.98 Å². The Morgan fingerprint density at radius 1 is 0.853 bits per heavy atom. The number of carbonyl (C=O) groups is 1. The van der Waals surface area contributed by atoms with Gasteiger partial charge < -0.3 is 4.74 Å². The van der Waals surface area contributed by atoms with Gasteiger partial charge in [-0.05, 0) is 35.4 Å². The van der Waals surface area contributed by atoms with Crippen molar-refractivity contribution >= 4 is 22.2 Å². The lowest BCUT2D eigenvalue weighted by molar-refractivity contribution is 0.0912. The van der Waals surface area contributed by atoms with Crippen molar-refractivity contribution in [3.05, 3.63) is 90.1 Å². The van der Waals surface area contributed by atoms with Crippen LogP contribution in [0.3, 0.4) is 0 Å². The van der Waals surface area contributed by atoms with Crippen LogP contribution in [0.2, 0.25) is 0 Å². The smallest absolute Gasteiger partial charge is 0.165 e. The number of carbonyl (C=O) groups excluding carboxylic acids is 1. The molecule has 0 atom stereocenters. The summed E-state index contributed by atoms with van der Waals surface area (Å²) in [7, 11) is 1.67. The molecule has 1 aliphatic rings. The average Bonchev–Trinajstić information content (AvgIpc) is 3.25. The Hall–Kier alpha value is -3.92. The van der Waals surface area contributed by atoms with Gasteiger partial charge in [-0.1, -0.05) is 74.5 Å². The van der Waals surface area contributed by atoms with Crippen LogP contribution in [-0.4, -0.2) is 22.3 Å². The fourth-order valence-electron chi connectivity index (χ4n) is 5.36. The molecule has 4 heteroatoms. The molecule has 0 saturated carbocycles. The van der Waals surface area contributed by atoms with E-state index in [1.807, 2.05) is 42.5 Å². The second-order valence-corrected chi connectivity index (χ2v) is 9.87. The van der Waals surface area contributed by atoms with Gasteiger partial charge in [0, 0.05) is 34.2 Å². The fourth-order valence-corrected chi connectivity index (χ4v) is 5.36. The number of fused-ring (bicyclic) bond motifs is 6. The standard InChI is InChI=1S/C30H26N2O2/c1-30(2)17-24-26(25(33)18-30)22-15-14-21(34-3)16-23(22)29-31-27(19-10-6-4-7-11-19)28(32(24)29)20-12-8-5-9-13-20/h4-16H,17-18H2,1-3H3. The summed E-state index contributed by atoms with van der Waals surface area (Å²) in [5.41, 5.74) is 6.67. The number of nitrogens with zero attached hydrogens (tertiary/aromatic N) is 2. The number of ketones is 1. The number of aromatic nitrogens is 2. The van der Waals surface area contributed by atoms with Gasteiger partial charge in [0.1, 0.15) is 11.4 Å². The van der Waals surface area contributed by atoms with E-state index in [0.29, 0.717) is 6.42 Å². The zero-order valence-electron chi connectivity index (χ0n) is 19.6. The van der Waals surface area contributed by atoms with E-state index in [4.69, 9.17) is 9.72 Å². The molecule has 0 spiro atoms. The Morgan fingerprint density at radius 3 is 2.21 bits per heavy atom. The minimum atomic E-state index is -0.123. The molecule has 0 aliphatic heterocycles. The molecule has 0 unspecified atom stereocenters. The second kappa shape index (κ2) is 7.56. The molecule has 4 nitrogen and oxygen atoms in total. The van der Waals surface area contributed by atoms with Gasteiger partial charge in [0.25, 0.3) is 0 Å². The topological polar surface area (TPSA) is 43.6 Å². The first-order valence-corrected chi connectivity index (χ1v) is 11.7. The summed E-state index contributed by atoms with van der Waals surface area (Å²) in [6.45, 7) is 4.35. The Bertz CT molecular complexity index is 1560. The molecule has 6 rings (SSSR count). The number of pyridine rings is 1. The summed E-state index contributed by atoms with van der Waals surface area (Å²) in [6.07, 6.45) is 1.34. The predicted molar refractivity (Wildman–Crippen MR) is 137 cm³/mol. The van der Waals surface area contributed by atoms with Crippen LogP contribution in [0.25, 0.3) is 38.9 Å². The van der Waals surface area contributed by atoms with Crippen LogP contribution < -0.4 is 4.74 Å². The number of methoxy groups -OCH3 is 1. The van der Waals surface area contributed by atoms with Crippen LogP contribution in [-0.2, 0) is 6.42 Å². The third-order valence-electron chi connectivity index (χ3n) is 6.83. The zero-order valence-corrected chi connectivity index (χ0v) is 19.6. The number of hydrogen-bond donors (Lipinski definition) is 0. The van der Waals surface area contributed by atoms with Crippen molar-refractivity contribution in [1.82, 2.24) is 9.38 Å². The lowest BCUT2D eigenvalue weighted by Gasteiger charge is -2.32. The number of ether oxygens (including phenoxy) is 1. The van der Waals surface area contributed by atoms with Gasteiger partial charge in [-0.2, -0.15) is 0 Å².